The highest BCUT2D eigenvalue weighted by Gasteiger charge is 2.16. The van der Waals surface area contributed by atoms with Gasteiger partial charge in [0.25, 0.3) is 5.69 Å². The van der Waals surface area contributed by atoms with Crippen molar-refractivity contribution >= 4 is 23.1 Å². The molecule has 0 radical (unpaired) electrons. The van der Waals surface area contributed by atoms with Crippen LogP contribution in [0.25, 0.3) is 0 Å². The van der Waals surface area contributed by atoms with E-state index in [1.54, 1.807) is 13.0 Å². The van der Waals surface area contributed by atoms with E-state index in [2.05, 4.69) is 0 Å². The minimum Gasteiger partial charge on any atom is -0.299 e. The average Bonchev–Trinajstić information content (AvgIpc) is 2.15. The van der Waals surface area contributed by atoms with E-state index < -0.39 is 4.92 Å². The van der Waals surface area contributed by atoms with Gasteiger partial charge in [-0.25, -0.2) is 0 Å². The van der Waals surface area contributed by atoms with E-state index in [9.17, 15) is 14.9 Å². The lowest BCUT2D eigenvalue weighted by atomic mass is 9.97. The van der Waals surface area contributed by atoms with Crippen LogP contribution in [0.15, 0.2) is 18.2 Å². The first-order chi connectivity index (χ1) is 6.93. The number of hydrogen-bond acceptors (Lipinski definition) is 3. The van der Waals surface area contributed by atoms with Crippen molar-refractivity contribution in [3.63, 3.8) is 0 Å². The van der Waals surface area contributed by atoms with Gasteiger partial charge in [0.05, 0.1) is 4.92 Å². The summed E-state index contributed by atoms with van der Waals surface area (Å²) >= 11 is 5.72. The first-order valence-electron chi connectivity index (χ1n) is 4.37. The molecule has 0 aliphatic carbocycles. The summed E-state index contributed by atoms with van der Waals surface area (Å²) in [5.74, 6) is -0.289. The van der Waals surface area contributed by atoms with E-state index in [1.165, 1.54) is 19.1 Å². The van der Waals surface area contributed by atoms with E-state index in [0.29, 0.717) is 5.56 Å². The molecule has 0 aliphatic heterocycles. The van der Waals surface area contributed by atoms with Gasteiger partial charge in [0, 0.05) is 12.0 Å². The number of halogens is 1. The number of benzene rings is 1. The van der Waals surface area contributed by atoms with Crippen molar-refractivity contribution in [2.45, 2.75) is 19.8 Å². The number of rotatable bonds is 3. The maximum atomic E-state index is 11.1. The first-order valence-corrected chi connectivity index (χ1v) is 4.75. The molecule has 0 N–H and O–H groups in total. The molecular formula is C10H10ClNO3. The third-order valence-corrected chi connectivity index (χ3v) is 2.58. The zero-order chi connectivity index (χ0) is 11.6. The molecule has 0 saturated carbocycles. The van der Waals surface area contributed by atoms with E-state index >= 15 is 0 Å². The van der Waals surface area contributed by atoms with Gasteiger partial charge in [0.1, 0.15) is 10.8 Å². The molecule has 0 bridgehead atoms. The molecule has 0 amide bonds. The first kappa shape index (κ1) is 11.7. The summed E-state index contributed by atoms with van der Waals surface area (Å²) in [5.41, 5.74) is 0.550. The molecule has 1 rings (SSSR count). The molecular weight excluding hydrogens is 218 g/mol. The van der Waals surface area contributed by atoms with Crippen LogP contribution in [-0.2, 0) is 4.79 Å². The molecule has 80 valence electrons. The molecule has 15 heavy (non-hydrogen) atoms. The largest absolute Gasteiger partial charge is 0.299 e. The predicted molar refractivity (Wildman–Crippen MR) is 57.2 cm³/mol. The number of nitrogens with zero attached hydrogens (tertiary/aromatic N) is 1. The quantitative estimate of drug-likeness (QED) is 0.589. The van der Waals surface area contributed by atoms with Crippen molar-refractivity contribution in [2.75, 3.05) is 0 Å². The van der Waals surface area contributed by atoms with E-state index in [-0.39, 0.29) is 22.4 Å². The monoisotopic (exact) mass is 227 g/mol. The standard InChI is InChI=1S/C10H10ClNO3/c1-6(7(2)13)8-3-4-10(12(14)15)9(11)5-8/h3-6H,1-2H3/t6-/m1/s1. The van der Waals surface area contributed by atoms with Crippen LogP contribution in [0.5, 0.6) is 0 Å². The lowest BCUT2D eigenvalue weighted by molar-refractivity contribution is -0.384. The van der Waals surface area contributed by atoms with E-state index in [0.717, 1.165) is 0 Å². The van der Waals surface area contributed by atoms with Gasteiger partial charge < -0.3 is 0 Å². The van der Waals surface area contributed by atoms with Crippen molar-refractivity contribution in [2.24, 2.45) is 0 Å². The van der Waals surface area contributed by atoms with Gasteiger partial charge in [-0.15, -0.1) is 0 Å². The molecule has 0 fully saturated rings. The number of Topliss-reactive ketones (excluding diaryl/α,β-unsaturated/α-hetero) is 1. The Balaban J connectivity index is 3.12. The molecule has 0 spiro atoms. The molecule has 0 heterocycles. The second kappa shape index (κ2) is 4.40. The number of nitro groups is 1. The van der Waals surface area contributed by atoms with Crippen LogP contribution in [0, 0.1) is 10.1 Å². The highest BCUT2D eigenvalue weighted by molar-refractivity contribution is 6.32. The fourth-order valence-corrected chi connectivity index (χ4v) is 1.43. The Morgan fingerprint density at radius 1 is 1.53 bits per heavy atom. The number of nitro benzene ring substituents is 1. The Hall–Kier alpha value is -1.42. The third-order valence-electron chi connectivity index (χ3n) is 2.28. The lowest BCUT2D eigenvalue weighted by Gasteiger charge is -2.07. The maximum absolute atomic E-state index is 11.1. The Morgan fingerprint density at radius 2 is 2.13 bits per heavy atom. The topological polar surface area (TPSA) is 60.2 Å². The zero-order valence-electron chi connectivity index (χ0n) is 8.36. The Bertz CT molecular complexity index is 417. The summed E-state index contributed by atoms with van der Waals surface area (Å²) in [6, 6.07) is 4.33. The van der Waals surface area contributed by atoms with Crippen molar-refractivity contribution in [3.8, 4) is 0 Å². The summed E-state index contributed by atoms with van der Waals surface area (Å²) in [6.07, 6.45) is 0. The maximum Gasteiger partial charge on any atom is 0.287 e. The summed E-state index contributed by atoms with van der Waals surface area (Å²) in [7, 11) is 0. The number of carbonyl (C=O) groups is 1. The average molecular weight is 228 g/mol. The highest BCUT2D eigenvalue weighted by atomic mass is 35.5. The second-order valence-corrected chi connectivity index (χ2v) is 3.71. The van der Waals surface area contributed by atoms with E-state index in [4.69, 9.17) is 11.6 Å². The Morgan fingerprint density at radius 3 is 2.53 bits per heavy atom. The minimum atomic E-state index is -0.551. The minimum absolute atomic E-state index is 0.0000743. The second-order valence-electron chi connectivity index (χ2n) is 3.30. The molecule has 1 aromatic rings. The van der Waals surface area contributed by atoms with Crippen LogP contribution in [-0.4, -0.2) is 10.7 Å². The number of hydrogen-bond donors (Lipinski definition) is 0. The van der Waals surface area contributed by atoms with Crippen LogP contribution in [0.1, 0.15) is 25.3 Å². The van der Waals surface area contributed by atoms with Crippen molar-refractivity contribution in [1.82, 2.24) is 0 Å². The molecule has 0 aromatic heterocycles. The van der Waals surface area contributed by atoms with Crippen molar-refractivity contribution in [1.29, 1.82) is 0 Å². The summed E-state index contributed by atoms with van der Waals surface area (Å²) in [6.45, 7) is 3.21. The fraction of sp³-hybridized carbons (Fsp3) is 0.300. The highest BCUT2D eigenvalue weighted by Crippen LogP contribution is 2.28. The molecule has 0 unspecified atom stereocenters. The van der Waals surface area contributed by atoms with Crippen LogP contribution >= 0.6 is 11.6 Å². The normalized spacial score (nSPS) is 12.2. The van der Waals surface area contributed by atoms with Crippen molar-refractivity contribution < 1.29 is 9.72 Å². The molecule has 1 atom stereocenters. The Kier molecular flexibility index (Phi) is 3.42. The number of ketones is 1. The van der Waals surface area contributed by atoms with Gasteiger partial charge >= 0.3 is 0 Å². The van der Waals surface area contributed by atoms with Gasteiger partial charge in [-0.05, 0) is 18.6 Å². The molecule has 1 aromatic carbocycles. The SMILES string of the molecule is CC(=O)[C@@H](C)c1ccc([N+](=O)[O-])c(Cl)c1. The zero-order valence-corrected chi connectivity index (χ0v) is 9.12. The fourth-order valence-electron chi connectivity index (χ4n) is 1.18. The van der Waals surface area contributed by atoms with Gasteiger partial charge in [0.2, 0.25) is 0 Å². The van der Waals surface area contributed by atoms with Crippen LogP contribution in [0.4, 0.5) is 5.69 Å². The molecule has 4 nitrogen and oxygen atoms in total. The molecule has 0 saturated heterocycles. The van der Waals surface area contributed by atoms with Crippen molar-refractivity contribution in [3.05, 3.63) is 38.9 Å². The van der Waals surface area contributed by atoms with E-state index in [1.807, 2.05) is 0 Å². The summed E-state index contributed by atoms with van der Waals surface area (Å²) < 4.78 is 0. The van der Waals surface area contributed by atoms with Crippen LogP contribution < -0.4 is 0 Å². The van der Waals surface area contributed by atoms with Gasteiger partial charge in [-0.1, -0.05) is 24.6 Å². The van der Waals surface area contributed by atoms with Gasteiger partial charge in [0.15, 0.2) is 0 Å². The third kappa shape index (κ3) is 2.53. The molecule has 5 heteroatoms. The van der Waals surface area contributed by atoms with Gasteiger partial charge in [-0.3, -0.25) is 14.9 Å². The van der Waals surface area contributed by atoms with Crippen LogP contribution in [0.2, 0.25) is 5.02 Å². The summed E-state index contributed by atoms with van der Waals surface area (Å²) in [5, 5.41) is 10.6. The van der Waals surface area contributed by atoms with Gasteiger partial charge in [-0.2, -0.15) is 0 Å². The smallest absolute Gasteiger partial charge is 0.287 e. The molecule has 0 aliphatic rings. The summed E-state index contributed by atoms with van der Waals surface area (Å²) in [4.78, 5) is 21.0. The predicted octanol–water partition coefficient (Wildman–Crippen LogP) is 2.94. The Labute approximate surface area is 92.0 Å². The number of carbonyl (C=O) groups excluding carboxylic acids is 1. The van der Waals surface area contributed by atoms with Crippen LogP contribution in [0.3, 0.4) is 0 Å². The lowest BCUT2D eigenvalue weighted by Crippen LogP contribution is -2.04.